The highest BCUT2D eigenvalue weighted by Crippen LogP contribution is 2.15. The van der Waals surface area contributed by atoms with Crippen LogP contribution < -0.4 is 4.72 Å². The van der Waals surface area contributed by atoms with Crippen molar-refractivity contribution in [2.24, 2.45) is 7.05 Å². The first-order valence-electron chi connectivity index (χ1n) is 6.36. The van der Waals surface area contributed by atoms with E-state index in [4.69, 9.17) is 0 Å². The molecule has 0 saturated carbocycles. The van der Waals surface area contributed by atoms with Gasteiger partial charge in [0.25, 0.3) is 0 Å². The van der Waals surface area contributed by atoms with E-state index in [1.807, 2.05) is 40.0 Å². The Morgan fingerprint density at radius 1 is 1.15 bits per heavy atom. The fourth-order valence-electron chi connectivity index (χ4n) is 1.85. The first-order chi connectivity index (χ1) is 9.29. The van der Waals surface area contributed by atoms with Gasteiger partial charge in [-0.2, -0.15) is 5.10 Å². The summed E-state index contributed by atoms with van der Waals surface area (Å²) in [5, 5.41) is 4.23. The van der Waals surface area contributed by atoms with Crippen molar-refractivity contribution in [2.45, 2.75) is 32.2 Å². The third-order valence-corrected chi connectivity index (χ3v) is 4.80. The summed E-state index contributed by atoms with van der Waals surface area (Å²) in [6.07, 6.45) is 0. The van der Waals surface area contributed by atoms with Crippen molar-refractivity contribution >= 4 is 10.0 Å². The molecule has 1 heterocycles. The maximum atomic E-state index is 12.2. The smallest absolute Gasteiger partial charge is 0.240 e. The largest absolute Gasteiger partial charge is 0.273 e. The molecule has 1 N–H and O–H groups in total. The molecule has 0 atom stereocenters. The zero-order valence-electron chi connectivity index (χ0n) is 12.1. The average Bonchev–Trinajstić information content (AvgIpc) is 2.70. The predicted octanol–water partition coefficient (Wildman–Crippen LogP) is 1.82. The summed E-state index contributed by atoms with van der Waals surface area (Å²) in [7, 11) is -1.67. The van der Waals surface area contributed by atoms with Crippen LogP contribution in [0, 0.1) is 20.8 Å². The number of rotatable bonds is 4. The van der Waals surface area contributed by atoms with Gasteiger partial charge in [0.1, 0.15) is 0 Å². The minimum atomic E-state index is -3.50. The van der Waals surface area contributed by atoms with Crippen LogP contribution in [0.1, 0.15) is 22.5 Å². The normalized spacial score (nSPS) is 11.8. The van der Waals surface area contributed by atoms with E-state index in [0.29, 0.717) is 5.69 Å². The summed E-state index contributed by atoms with van der Waals surface area (Å²) in [6, 6.07) is 6.98. The molecule has 0 unspecified atom stereocenters. The van der Waals surface area contributed by atoms with Gasteiger partial charge in [-0.05, 0) is 50.1 Å². The Labute approximate surface area is 119 Å². The van der Waals surface area contributed by atoms with E-state index in [1.165, 1.54) is 0 Å². The third kappa shape index (κ3) is 3.08. The minimum Gasteiger partial charge on any atom is -0.273 e. The summed E-state index contributed by atoms with van der Waals surface area (Å²) in [4.78, 5) is 0.285. The quantitative estimate of drug-likeness (QED) is 0.935. The Morgan fingerprint density at radius 2 is 1.85 bits per heavy atom. The van der Waals surface area contributed by atoms with Crippen molar-refractivity contribution in [2.75, 3.05) is 0 Å². The Balaban J connectivity index is 2.16. The lowest BCUT2D eigenvalue weighted by Crippen LogP contribution is -2.23. The number of nitrogens with one attached hydrogen (secondary N) is 1. The standard InChI is InChI=1S/C14H19N3O2S/c1-10-5-6-14(7-11(10)2)20(18,19)15-9-13-8-12(3)17(4)16-13/h5-8,15H,9H2,1-4H3. The summed E-state index contributed by atoms with van der Waals surface area (Å²) in [5.41, 5.74) is 3.73. The minimum absolute atomic E-state index is 0.191. The lowest BCUT2D eigenvalue weighted by atomic mass is 10.1. The Bertz CT molecular complexity index is 713. The second-order valence-corrected chi connectivity index (χ2v) is 6.74. The van der Waals surface area contributed by atoms with Crippen LogP contribution in [-0.4, -0.2) is 18.2 Å². The molecule has 0 fully saturated rings. The van der Waals surface area contributed by atoms with Crippen molar-refractivity contribution in [3.63, 3.8) is 0 Å². The lowest BCUT2D eigenvalue weighted by Gasteiger charge is -2.07. The summed E-state index contributed by atoms with van der Waals surface area (Å²) < 4.78 is 28.7. The van der Waals surface area contributed by atoms with Crippen LogP contribution in [0.25, 0.3) is 0 Å². The van der Waals surface area contributed by atoms with E-state index in [1.54, 1.807) is 16.8 Å². The van der Waals surface area contributed by atoms with Crippen LogP contribution in [0.2, 0.25) is 0 Å². The molecule has 0 bridgehead atoms. The summed E-state index contributed by atoms with van der Waals surface area (Å²) in [6.45, 7) is 5.97. The van der Waals surface area contributed by atoms with E-state index < -0.39 is 10.0 Å². The van der Waals surface area contributed by atoms with Gasteiger partial charge in [0, 0.05) is 12.7 Å². The predicted molar refractivity (Wildman–Crippen MR) is 77.9 cm³/mol. The molecule has 20 heavy (non-hydrogen) atoms. The SMILES string of the molecule is Cc1ccc(S(=O)(=O)NCc2cc(C)n(C)n2)cc1C. The number of nitrogens with zero attached hydrogens (tertiary/aromatic N) is 2. The van der Waals surface area contributed by atoms with Crippen molar-refractivity contribution in [1.29, 1.82) is 0 Å². The van der Waals surface area contributed by atoms with Gasteiger partial charge >= 0.3 is 0 Å². The van der Waals surface area contributed by atoms with E-state index >= 15 is 0 Å². The maximum absolute atomic E-state index is 12.2. The number of hydrogen-bond acceptors (Lipinski definition) is 3. The molecule has 2 aromatic rings. The van der Waals surface area contributed by atoms with Crippen LogP contribution in [0.4, 0.5) is 0 Å². The van der Waals surface area contributed by atoms with Crippen LogP contribution in [0.5, 0.6) is 0 Å². The molecule has 1 aromatic carbocycles. The topological polar surface area (TPSA) is 64.0 Å². The Kier molecular flexibility index (Phi) is 3.96. The highest BCUT2D eigenvalue weighted by atomic mass is 32.2. The Morgan fingerprint density at radius 3 is 2.40 bits per heavy atom. The van der Waals surface area contributed by atoms with Gasteiger partial charge in [0.05, 0.1) is 17.1 Å². The van der Waals surface area contributed by atoms with Gasteiger partial charge in [-0.1, -0.05) is 6.07 Å². The van der Waals surface area contributed by atoms with Gasteiger partial charge in [-0.25, -0.2) is 13.1 Å². The van der Waals surface area contributed by atoms with E-state index in [2.05, 4.69) is 9.82 Å². The second kappa shape index (κ2) is 5.38. The van der Waals surface area contributed by atoms with E-state index in [9.17, 15) is 8.42 Å². The molecule has 0 aliphatic heterocycles. The molecule has 2 rings (SSSR count). The Hall–Kier alpha value is -1.66. The number of aromatic nitrogens is 2. The second-order valence-electron chi connectivity index (χ2n) is 4.97. The molecule has 0 radical (unpaired) electrons. The van der Waals surface area contributed by atoms with Crippen molar-refractivity contribution < 1.29 is 8.42 Å². The van der Waals surface area contributed by atoms with Crippen LogP contribution in [-0.2, 0) is 23.6 Å². The average molecular weight is 293 g/mol. The highest BCUT2D eigenvalue weighted by molar-refractivity contribution is 7.89. The van der Waals surface area contributed by atoms with Gasteiger partial charge in [0.15, 0.2) is 0 Å². The molecule has 1 aromatic heterocycles. The number of aryl methyl sites for hydroxylation is 4. The molecular weight excluding hydrogens is 274 g/mol. The fourth-order valence-corrected chi connectivity index (χ4v) is 2.94. The number of hydrogen-bond donors (Lipinski definition) is 1. The maximum Gasteiger partial charge on any atom is 0.240 e. The van der Waals surface area contributed by atoms with Crippen LogP contribution >= 0.6 is 0 Å². The summed E-state index contributed by atoms with van der Waals surface area (Å²) in [5.74, 6) is 0. The molecule has 0 aliphatic rings. The molecule has 0 saturated heterocycles. The lowest BCUT2D eigenvalue weighted by molar-refractivity contribution is 0.579. The van der Waals surface area contributed by atoms with Gasteiger partial charge in [0.2, 0.25) is 10.0 Å². The van der Waals surface area contributed by atoms with Crippen molar-refractivity contribution in [3.05, 3.63) is 46.8 Å². The van der Waals surface area contributed by atoms with Crippen molar-refractivity contribution in [1.82, 2.24) is 14.5 Å². The molecule has 0 aliphatic carbocycles. The van der Waals surface area contributed by atoms with E-state index in [0.717, 1.165) is 16.8 Å². The molecule has 5 nitrogen and oxygen atoms in total. The van der Waals surface area contributed by atoms with Crippen molar-refractivity contribution in [3.8, 4) is 0 Å². The van der Waals surface area contributed by atoms with Crippen LogP contribution in [0.3, 0.4) is 0 Å². The highest BCUT2D eigenvalue weighted by Gasteiger charge is 2.15. The molecule has 0 amide bonds. The monoisotopic (exact) mass is 293 g/mol. The molecule has 6 heteroatoms. The van der Waals surface area contributed by atoms with Gasteiger partial charge in [-0.3, -0.25) is 4.68 Å². The van der Waals surface area contributed by atoms with Gasteiger partial charge in [-0.15, -0.1) is 0 Å². The van der Waals surface area contributed by atoms with Crippen LogP contribution in [0.15, 0.2) is 29.2 Å². The molecule has 0 spiro atoms. The number of sulfonamides is 1. The first-order valence-corrected chi connectivity index (χ1v) is 7.84. The molecular formula is C14H19N3O2S. The third-order valence-electron chi connectivity index (χ3n) is 3.40. The zero-order chi connectivity index (χ0) is 14.9. The molecule has 108 valence electrons. The van der Waals surface area contributed by atoms with Gasteiger partial charge < -0.3 is 0 Å². The number of benzene rings is 1. The first kappa shape index (κ1) is 14.7. The van der Waals surface area contributed by atoms with E-state index in [-0.39, 0.29) is 11.4 Å². The fraction of sp³-hybridized carbons (Fsp3) is 0.357. The zero-order valence-corrected chi connectivity index (χ0v) is 13.0. The summed E-state index contributed by atoms with van der Waals surface area (Å²) >= 11 is 0.